The first kappa shape index (κ1) is 14.0. The highest BCUT2D eigenvalue weighted by Gasteiger charge is 2.30. The van der Waals surface area contributed by atoms with Crippen molar-refractivity contribution in [2.75, 3.05) is 13.1 Å². The Morgan fingerprint density at radius 3 is 2.74 bits per heavy atom. The summed E-state index contributed by atoms with van der Waals surface area (Å²) in [7, 11) is 0. The normalized spacial score (nSPS) is 20.3. The molecule has 0 N–H and O–H groups in total. The Kier molecular flexibility index (Phi) is 5.33. The summed E-state index contributed by atoms with van der Waals surface area (Å²) < 4.78 is 0. The second-order valence-electron chi connectivity index (χ2n) is 5.24. The first-order valence-corrected chi connectivity index (χ1v) is 7.19. The minimum atomic E-state index is -0.439. The Bertz CT molecular complexity index is 394. The summed E-state index contributed by atoms with van der Waals surface area (Å²) in [6.45, 7) is 1.75. The van der Waals surface area contributed by atoms with E-state index in [-0.39, 0.29) is 4.92 Å². The average molecular weight is 262 g/mol. The monoisotopic (exact) mass is 262 g/mol. The molecular formula is C15H22N2O2. The molecular weight excluding hydrogens is 240 g/mol. The van der Waals surface area contributed by atoms with E-state index < -0.39 is 6.17 Å². The van der Waals surface area contributed by atoms with Gasteiger partial charge >= 0.3 is 0 Å². The zero-order valence-corrected chi connectivity index (χ0v) is 11.3. The third kappa shape index (κ3) is 4.31. The second-order valence-corrected chi connectivity index (χ2v) is 5.24. The summed E-state index contributed by atoms with van der Waals surface area (Å²) in [6.07, 6.45) is 5.58. The van der Waals surface area contributed by atoms with Gasteiger partial charge in [-0.15, -0.1) is 0 Å². The molecule has 1 atom stereocenters. The van der Waals surface area contributed by atoms with Crippen LogP contribution in [0.4, 0.5) is 0 Å². The number of piperidine rings is 1. The van der Waals surface area contributed by atoms with Gasteiger partial charge in [-0.1, -0.05) is 30.3 Å². The van der Waals surface area contributed by atoms with Crippen molar-refractivity contribution in [2.24, 2.45) is 0 Å². The number of aryl methyl sites for hydroxylation is 1. The number of rotatable bonds is 6. The Balaban J connectivity index is 1.71. The average Bonchev–Trinajstić information content (AvgIpc) is 2.45. The van der Waals surface area contributed by atoms with Crippen LogP contribution in [0.3, 0.4) is 0 Å². The standard InChI is InChI=1S/C15H22N2O2/c18-17(19)15-11-5-7-13-16(15)12-6-4-10-14-8-2-1-3-9-14/h1-3,8-9,15H,4-7,10-13H2. The van der Waals surface area contributed by atoms with E-state index in [1.807, 2.05) is 6.07 Å². The first-order chi connectivity index (χ1) is 9.27. The third-order valence-electron chi connectivity index (χ3n) is 3.83. The van der Waals surface area contributed by atoms with E-state index in [4.69, 9.17) is 0 Å². The minimum absolute atomic E-state index is 0.115. The number of benzene rings is 1. The van der Waals surface area contributed by atoms with Gasteiger partial charge in [-0.3, -0.25) is 10.1 Å². The molecule has 0 spiro atoms. The maximum Gasteiger partial charge on any atom is 0.268 e. The van der Waals surface area contributed by atoms with Gasteiger partial charge in [0.2, 0.25) is 0 Å². The summed E-state index contributed by atoms with van der Waals surface area (Å²) in [5.74, 6) is 0. The Hall–Kier alpha value is -1.42. The highest BCUT2D eigenvalue weighted by atomic mass is 16.6. The zero-order chi connectivity index (χ0) is 13.5. The van der Waals surface area contributed by atoms with Crippen LogP contribution >= 0.6 is 0 Å². The van der Waals surface area contributed by atoms with E-state index in [9.17, 15) is 10.1 Å². The van der Waals surface area contributed by atoms with E-state index in [0.29, 0.717) is 6.42 Å². The van der Waals surface area contributed by atoms with Gasteiger partial charge in [-0.05, 0) is 37.7 Å². The summed E-state index contributed by atoms with van der Waals surface area (Å²) in [6, 6.07) is 10.4. The number of hydrogen-bond donors (Lipinski definition) is 0. The van der Waals surface area contributed by atoms with Crippen LogP contribution in [-0.4, -0.2) is 29.1 Å². The first-order valence-electron chi connectivity index (χ1n) is 7.19. The largest absolute Gasteiger partial charge is 0.268 e. The minimum Gasteiger partial charge on any atom is -0.263 e. The van der Waals surface area contributed by atoms with Gasteiger partial charge < -0.3 is 0 Å². The summed E-state index contributed by atoms with van der Waals surface area (Å²) in [5, 5.41) is 11.0. The number of nitro groups is 1. The van der Waals surface area contributed by atoms with E-state index in [2.05, 4.69) is 29.2 Å². The van der Waals surface area contributed by atoms with Crippen LogP contribution in [0, 0.1) is 10.1 Å². The van der Waals surface area contributed by atoms with Crippen LogP contribution in [0.5, 0.6) is 0 Å². The molecule has 0 radical (unpaired) electrons. The van der Waals surface area contributed by atoms with Crippen molar-refractivity contribution in [2.45, 2.75) is 44.7 Å². The second kappa shape index (κ2) is 7.24. The molecule has 0 aliphatic carbocycles. The SMILES string of the molecule is O=[N+]([O-])C1CCCCN1CCCCc1ccccc1. The van der Waals surface area contributed by atoms with E-state index >= 15 is 0 Å². The smallest absolute Gasteiger partial charge is 0.263 e. The lowest BCUT2D eigenvalue weighted by Gasteiger charge is -2.29. The molecule has 1 aliphatic rings. The maximum atomic E-state index is 11.0. The number of likely N-dealkylation sites (tertiary alicyclic amines) is 1. The van der Waals surface area contributed by atoms with Crippen molar-refractivity contribution in [3.8, 4) is 0 Å². The molecule has 2 rings (SSSR count). The van der Waals surface area contributed by atoms with Crippen LogP contribution in [0.15, 0.2) is 30.3 Å². The van der Waals surface area contributed by atoms with Crippen molar-refractivity contribution >= 4 is 0 Å². The fraction of sp³-hybridized carbons (Fsp3) is 0.600. The van der Waals surface area contributed by atoms with Crippen molar-refractivity contribution in [3.05, 3.63) is 46.0 Å². The molecule has 0 saturated carbocycles. The lowest BCUT2D eigenvalue weighted by atomic mass is 10.1. The summed E-state index contributed by atoms with van der Waals surface area (Å²) >= 11 is 0. The third-order valence-corrected chi connectivity index (χ3v) is 3.83. The molecule has 19 heavy (non-hydrogen) atoms. The molecule has 1 aromatic rings. The molecule has 104 valence electrons. The Labute approximate surface area is 114 Å². The van der Waals surface area contributed by atoms with Crippen molar-refractivity contribution in [1.82, 2.24) is 4.90 Å². The van der Waals surface area contributed by atoms with Crippen molar-refractivity contribution in [1.29, 1.82) is 0 Å². The molecule has 0 bridgehead atoms. The van der Waals surface area contributed by atoms with E-state index in [1.54, 1.807) is 0 Å². The molecule has 0 aromatic heterocycles. The predicted molar refractivity (Wildman–Crippen MR) is 75.6 cm³/mol. The number of unbranched alkanes of at least 4 members (excludes halogenated alkanes) is 1. The highest BCUT2D eigenvalue weighted by Crippen LogP contribution is 2.18. The molecule has 1 aliphatic heterocycles. The van der Waals surface area contributed by atoms with Gasteiger partial charge in [-0.2, -0.15) is 0 Å². The van der Waals surface area contributed by atoms with Gasteiger partial charge in [0, 0.05) is 24.4 Å². The fourth-order valence-corrected chi connectivity index (χ4v) is 2.76. The lowest BCUT2D eigenvalue weighted by Crippen LogP contribution is -2.44. The maximum absolute atomic E-state index is 11.0. The molecule has 1 aromatic carbocycles. The highest BCUT2D eigenvalue weighted by molar-refractivity contribution is 5.14. The number of nitrogens with zero attached hydrogens (tertiary/aromatic N) is 2. The Morgan fingerprint density at radius 2 is 2.00 bits per heavy atom. The van der Waals surface area contributed by atoms with Crippen LogP contribution < -0.4 is 0 Å². The van der Waals surface area contributed by atoms with Crippen LogP contribution in [0.2, 0.25) is 0 Å². The van der Waals surface area contributed by atoms with E-state index in [0.717, 1.165) is 45.2 Å². The van der Waals surface area contributed by atoms with E-state index in [1.165, 1.54) is 5.56 Å². The van der Waals surface area contributed by atoms with Crippen LogP contribution in [-0.2, 0) is 6.42 Å². The summed E-state index contributed by atoms with van der Waals surface area (Å²) in [5.41, 5.74) is 1.35. The quantitative estimate of drug-likeness (QED) is 0.449. The van der Waals surface area contributed by atoms with Crippen molar-refractivity contribution < 1.29 is 4.92 Å². The molecule has 0 amide bonds. The molecule has 1 saturated heterocycles. The molecule has 1 fully saturated rings. The Morgan fingerprint density at radius 1 is 1.21 bits per heavy atom. The zero-order valence-electron chi connectivity index (χ0n) is 11.3. The van der Waals surface area contributed by atoms with Gasteiger partial charge in [0.25, 0.3) is 6.17 Å². The number of hydrogen-bond acceptors (Lipinski definition) is 3. The predicted octanol–water partition coefficient (Wildman–Crippen LogP) is 3.10. The molecule has 1 unspecified atom stereocenters. The molecule has 4 nitrogen and oxygen atoms in total. The van der Waals surface area contributed by atoms with Crippen LogP contribution in [0.1, 0.15) is 37.7 Å². The topological polar surface area (TPSA) is 46.4 Å². The van der Waals surface area contributed by atoms with Gasteiger partial charge in [0.05, 0.1) is 0 Å². The van der Waals surface area contributed by atoms with Crippen molar-refractivity contribution in [3.63, 3.8) is 0 Å². The van der Waals surface area contributed by atoms with Gasteiger partial charge in [0.15, 0.2) is 0 Å². The van der Waals surface area contributed by atoms with Gasteiger partial charge in [0.1, 0.15) is 0 Å². The molecule has 1 heterocycles. The van der Waals surface area contributed by atoms with Crippen LogP contribution in [0.25, 0.3) is 0 Å². The molecule has 4 heteroatoms. The fourth-order valence-electron chi connectivity index (χ4n) is 2.76. The lowest BCUT2D eigenvalue weighted by molar-refractivity contribution is -0.554. The summed E-state index contributed by atoms with van der Waals surface area (Å²) in [4.78, 5) is 12.9. The van der Waals surface area contributed by atoms with Gasteiger partial charge in [-0.25, -0.2) is 4.90 Å².